The number of amides is 1. The van der Waals surface area contributed by atoms with E-state index in [1.807, 2.05) is 0 Å². The number of hydrogen-bond acceptors (Lipinski definition) is 5. The quantitative estimate of drug-likeness (QED) is 0.663. The molecule has 0 radical (unpaired) electrons. The highest BCUT2D eigenvalue weighted by Crippen LogP contribution is 2.24. The Bertz CT molecular complexity index is 681. The number of carbonyl (C=O) groups is 1. The van der Waals surface area contributed by atoms with Crippen molar-refractivity contribution in [3.8, 4) is 5.88 Å². The number of hydrogen-bond donors (Lipinski definition) is 0. The third-order valence-electron chi connectivity index (χ3n) is 5.43. The zero-order valence-corrected chi connectivity index (χ0v) is 16.4. The number of likely N-dealkylation sites (N-methyl/N-ethyl adjacent to an activating group) is 1. The van der Waals surface area contributed by atoms with E-state index >= 15 is 0 Å². The monoisotopic (exact) mass is 418 g/mol. The average molecular weight is 418 g/mol. The van der Waals surface area contributed by atoms with Gasteiger partial charge in [0.1, 0.15) is 0 Å². The van der Waals surface area contributed by atoms with E-state index in [0.29, 0.717) is 24.7 Å². The van der Waals surface area contributed by atoms with Crippen LogP contribution >= 0.6 is 0 Å². The highest BCUT2D eigenvalue weighted by atomic mass is 19.3. The SMILES string of the molecule is CN1CCCC(N2CCN(C(=O)c3ccc(OCC(F)(F)C(F)F)nc3)CC2)C1. The van der Waals surface area contributed by atoms with Gasteiger partial charge in [0.25, 0.3) is 5.91 Å². The minimum absolute atomic E-state index is 0.192. The van der Waals surface area contributed by atoms with Crippen LogP contribution in [0.1, 0.15) is 23.2 Å². The molecule has 0 N–H and O–H groups in total. The first-order chi connectivity index (χ1) is 13.8. The fourth-order valence-electron chi connectivity index (χ4n) is 3.74. The molecule has 162 valence electrons. The smallest absolute Gasteiger partial charge is 0.340 e. The van der Waals surface area contributed by atoms with Crippen molar-refractivity contribution in [3.63, 3.8) is 0 Å². The maximum atomic E-state index is 12.9. The lowest BCUT2D eigenvalue weighted by atomic mass is 10.0. The molecular formula is C19H26F4N4O2. The van der Waals surface area contributed by atoms with Crippen LogP contribution in [-0.2, 0) is 0 Å². The molecule has 1 atom stereocenters. The number of aromatic nitrogens is 1. The Kier molecular flexibility index (Phi) is 6.94. The van der Waals surface area contributed by atoms with Crippen LogP contribution in [0.15, 0.2) is 18.3 Å². The number of nitrogens with zero attached hydrogens (tertiary/aromatic N) is 4. The summed E-state index contributed by atoms with van der Waals surface area (Å²) in [5.74, 6) is -4.67. The van der Waals surface area contributed by atoms with Crippen LogP contribution in [0.3, 0.4) is 0 Å². The van der Waals surface area contributed by atoms with E-state index in [1.54, 1.807) is 4.90 Å². The van der Waals surface area contributed by atoms with Gasteiger partial charge in [-0.2, -0.15) is 8.78 Å². The molecular weight excluding hydrogens is 392 g/mol. The van der Waals surface area contributed by atoms with E-state index in [4.69, 9.17) is 0 Å². The van der Waals surface area contributed by atoms with E-state index in [0.717, 1.165) is 26.2 Å². The third-order valence-corrected chi connectivity index (χ3v) is 5.43. The highest BCUT2D eigenvalue weighted by Gasteiger charge is 2.41. The minimum atomic E-state index is -4.25. The molecule has 6 nitrogen and oxygen atoms in total. The average Bonchev–Trinajstić information content (AvgIpc) is 2.72. The first-order valence-corrected chi connectivity index (χ1v) is 9.73. The van der Waals surface area contributed by atoms with Gasteiger partial charge in [0, 0.05) is 51.0 Å². The van der Waals surface area contributed by atoms with Crippen molar-refractivity contribution in [1.82, 2.24) is 19.7 Å². The Morgan fingerprint density at radius 3 is 2.55 bits per heavy atom. The van der Waals surface area contributed by atoms with Crippen LogP contribution < -0.4 is 4.74 Å². The maximum absolute atomic E-state index is 12.9. The fourth-order valence-corrected chi connectivity index (χ4v) is 3.74. The van der Waals surface area contributed by atoms with Gasteiger partial charge < -0.3 is 14.5 Å². The Morgan fingerprint density at radius 1 is 1.24 bits per heavy atom. The Morgan fingerprint density at radius 2 is 1.97 bits per heavy atom. The number of rotatable bonds is 6. The summed E-state index contributed by atoms with van der Waals surface area (Å²) < 4.78 is 54.7. The number of likely N-dealkylation sites (tertiary alicyclic amines) is 1. The lowest BCUT2D eigenvalue weighted by Crippen LogP contribution is -2.55. The van der Waals surface area contributed by atoms with Crippen LogP contribution in [0.5, 0.6) is 5.88 Å². The second kappa shape index (κ2) is 9.25. The van der Waals surface area contributed by atoms with Crippen LogP contribution in [0.25, 0.3) is 0 Å². The summed E-state index contributed by atoms with van der Waals surface area (Å²) >= 11 is 0. The highest BCUT2D eigenvalue weighted by molar-refractivity contribution is 5.94. The number of carbonyl (C=O) groups excluding carboxylic acids is 1. The van der Waals surface area contributed by atoms with Gasteiger partial charge in [-0.15, -0.1) is 0 Å². The topological polar surface area (TPSA) is 48.9 Å². The van der Waals surface area contributed by atoms with E-state index < -0.39 is 19.0 Å². The molecule has 29 heavy (non-hydrogen) atoms. The lowest BCUT2D eigenvalue weighted by Gasteiger charge is -2.42. The van der Waals surface area contributed by atoms with Gasteiger partial charge in [0.2, 0.25) is 5.88 Å². The summed E-state index contributed by atoms with van der Waals surface area (Å²) in [6.07, 6.45) is -0.227. The number of piperidine rings is 1. The standard InChI is InChI=1S/C19H26F4N4O2/c1-25-6-2-3-15(12-25)26-7-9-27(10-8-26)17(28)14-4-5-16(24-11-14)29-13-19(22,23)18(20)21/h4-5,11,15,18H,2-3,6-10,12-13H2,1H3. The molecule has 1 amide bonds. The first kappa shape index (κ1) is 21.8. The largest absolute Gasteiger partial charge is 0.471 e. The number of piperazine rings is 1. The second-order valence-electron chi connectivity index (χ2n) is 7.62. The Labute approximate surface area is 167 Å². The van der Waals surface area contributed by atoms with Gasteiger partial charge in [0.15, 0.2) is 6.61 Å². The normalized spacial score (nSPS) is 22.1. The summed E-state index contributed by atoms with van der Waals surface area (Å²) in [4.78, 5) is 22.9. The molecule has 10 heteroatoms. The Hall–Kier alpha value is -1.94. The van der Waals surface area contributed by atoms with Gasteiger partial charge in [-0.1, -0.05) is 0 Å². The van der Waals surface area contributed by atoms with Crippen molar-refractivity contribution >= 4 is 5.91 Å². The van der Waals surface area contributed by atoms with E-state index in [1.165, 1.54) is 31.2 Å². The summed E-state index contributed by atoms with van der Waals surface area (Å²) in [6.45, 7) is 3.54. The number of alkyl halides is 4. The molecule has 0 aromatic carbocycles. The fraction of sp³-hybridized carbons (Fsp3) is 0.684. The molecule has 2 saturated heterocycles. The number of pyridine rings is 1. The summed E-state index contributed by atoms with van der Waals surface area (Å²) in [7, 11) is 2.13. The number of halogens is 4. The van der Waals surface area contributed by atoms with Gasteiger partial charge >= 0.3 is 12.3 Å². The first-order valence-electron chi connectivity index (χ1n) is 9.73. The van der Waals surface area contributed by atoms with Crippen LogP contribution in [0.2, 0.25) is 0 Å². The summed E-state index contributed by atoms with van der Waals surface area (Å²) in [6, 6.07) is 3.17. The third kappa shape index (κ3) is 5.57. The summed E-state index contributed by atoms with van der Waals surface area (Å²) in [5.41, 5.74) is 0.309. The predicted octanol–water partition coefficient (Wildman–Crippen LogP) is 2.21. The van der Waals surface area contributed by atoms with Crippen LogP contribution in [0, 0.1) is 0 Å². The van der Waals surface area contributed by atoms with Crippen molar-refractivity contribution in [2.24, 2.45) is 0 Å². The Balaban J connectivity index is 1.49. The van der Waals surface area contributed by atoms with Crippen molar-refractivity contribution in [3.05, 3.63) is 23.9 Å². The van der Waals surface area contributed by atoms with Crippen molar-refractivity contribution in [2.45, 2.75) is 31.2 Å². The molecule has 0 aliphatic carbocycles. The molecule has 2 aliphatic rings. The van der Waals surface area contributed by atoms with Gasteiger partial charge in [-0.05, 0) is 32.5 Å². The zero-order valence-electron chi connectivity index (χ0n) is 16.4. The molecule has 2 fully saturated rings. The van der Waals surface area contributed by atoms with Crippen LogP contribution in [0.4, 0.5) is 17.6 Å². The van der Waals surface area contributed by atoms with Crippen LogP contribution in [-0.4, -0.2) is 96.9 Å². The molecule has 0 saturated carbocycles. The van der Waals surface area contributed by atoms with Crippen molar-refractivity contribution in [1.29, 1.82) is 0 Å². The van der Waals surface area contributed by atoms with Gasteiger partial charge in [-0.25, -0.2) is 13.8 Å². The van der Waals surface area contributed by atoms with Gasteiger partial charge in [-0.3, -0.25) is 9.69 Å². The van der Waals surface area contributed by atoms with E-state index in [-0.39, 0.29) is 11.8 Å². The molecule has 2 aliphatic heterocycles. The summed E-state index contributed by atoms with van der Waals surface area (Å²) in [5, 5.41) is 0. The van der Waals surface area contributed by atoms with E-state index in [2.05, 4.69) is 26.6 Å². The molecule has 0 spiro atoms. The maximum Gasteiger partial charge on any atom is 0.340 e. The molecule has 3 rings (SSSR count). The number of ether oxygens (including phenoxy) is 1. The molecule has 1 aromatic heterocycles. The second-order valence-corrected chi connectivity index (χ2v) is 7.62. The van der Waals surface area contributed by atoms with Crippen molar-refractivity contribution in [2.75, 3.05) is 52.9 Å². The van der Waals surface area contributed by atoms with Crippen molar-refractivity contribution < 1.29 is 27.1 Å². The van der Waals surface area contributed by atoms with Gasteiger partial charge in [0.05, 0.1) is 5.56 Å². The molecule has 1 unspecified atom stereocenters. The lowest BCUT2D eigenvalue weighted by molar-refractivity contribution is -0.148. The predicted molar refractivity (Wildman–Crippen MR) is 98.7 cm³/mol. The molecule has 1 aromatic rings. The molecule has 0 bridgehead atoms. The molecule has 3 heterocycles. The minimum Gasteiger partial charge on any atom is -0.471 e. The van der Waals surface area contributed by atoms with E-state index in [9.17, 15) is 22.4 Å². The zero-order chi connectivity index (χ0) is 21.0.